The molecule has 0 bridgehead atoms. The summed E-state index contributed by atoms with van der Waals surface area (Å²) in [4.78, 5) is 4.16. The van der Waals surface area contributed by atoms with Gasteiger partial charge in [-0.25, -0.2) is 0 Å². The molecule has 0 saturated carbocycles. The highest BCUT2D eigenvalue weighted by atomic mass is 79.9. The maximum absolute atomic E-state index is 3.84. The summed E-state index contributed by atoms with van der Waals surface area (Å²) in [5, 5.41) is 6.02. The molecule has 114 valence electrons. The summed E-state index contributed by atoms with van der Waals surface area (Å²) in [6, 6.07) is 2.80. The first-order chi connectivity index (χ1) is 9.51. The third-order valence-electron chi connectivity index (χ3n) is 4.82. The van der Waals surface area contributed by atoms with Crippen molar-refractivity contribution in [1.82, 2.24) is 10.2 Å². The molecular formula is C16H27BrN2S. The van der Waals surface area contributed by atoms with Crippen molar-refractivity contribution in [3.05, 3.63) is 20.8 Å². The number of nitrogens with zero attached hydrogens (tertiary/aromatic N) is 1. The Labute approximate surface area is 136 Å². The van der Waals surface area contributed by atoms with Gasteiger partial charge in [0.1, 0.15) is 0 Å². The predicted octanol–water partition coefficient (Wildman–Crippen LogP) is 4.50. The van der Waals surface area contributed by atoms with Crippen LogP contribution in [0.4, 0.5) is 0 Å². The molecule has 0 radical (unpaired) electrons. The van der Waals surface area contributed by atoms with Crippen LogP contribution in [0.1, 0.15) is 45.4 Å². The topological polar surface area (TPSA) is 15.3 Å². The zero-order chi connectivity index (χ0) is 14.8. The summed E-state index contributed by atoms with van der Waals surface area (Å²) in [6.45, 7) is 12.7. The molecule has 1 N–H and O–H groups in total. The summed E-state index contributed by atoms with van der Waals surface area (Å²) < 4.78 is 1.27. The molecule has 1 atom stereocenters. The summed E-state index contributed by atoms with van der Waals surface area (Å²) in [6.07, 6.45) is 2.41. The number of piperazine rings is 1. The van der Waals surface area contributed by atoms with E-state index in [-0.39, 0.29) is 0 Å². The zero-order valence-corrected chi connectivity index (χ0v) is 15.5. The van der Waals surface area contributed by atoms with Crippen molar-refractivity contribution in [3.8, 4) is 0 Å². The summed E-state index contributed by atoms with van der Waals surface area (Å²) in [7, 11) is 0. The number of rotatable bonds is 5. The number of hydrogen-bond donors (Lipinski definition) is 1. The van der Waals surface area contributed by atoms with Crippen LogP contribution in [0.5, 0.6) is 0 Å². The average Bonchev–Trinajstić information content (AvgIpc) is 2.84. The van der Waals surface area contributed by atoms with Gasteiger partial charge in [-0.1, -0.05) is 27.7 Å². The van der Waals surface area contributed by atoms with Crippen LogP contribution in [-0.2, 0) is 6.54 Å². The standard InChI is InChI=1S/C16H27BrN2S/c1-5-16(6-2)11-19(14(9-18-16)12(3)4)10-15-13(17)7-8-20-15/h7-8,12,14,18H,5-6,9-11H2,1-4H3. The summed E-state index contributed by atoms with van der Waals surface area (Å²) >= 11 is 5.54. The quantitative estimate of drug-likeness (QED) is 0.833. The minimum atomic E-state index is 0.301. The molecule has 0 spiro atoms. The lowest BCUT2D eigenvalue weighted by Crippen LogP contribution is -2.64. The Hall–Kier alpha value is 0.1000. The van der Waals surface area contributed by atoms with Gasteiger partial charge in [-0.2, -0.15) is 0 Å². The highest BCUT2D eigenvalue weighted by molar-refractivity contribution is 9.10. The SMILES string of the molecule is CCC1(CC)CN(Cc2sccc2Br)C(C(C)C)CN1. The van der Waals surface area contributed by atoms with Crippen molar-refractivity contribution in [2.24, 2.45) is 5.92 Å². The molecule has 0 amide bonds. The van der Waals surface area contributed by atoms with Gasteiger partial charge in [0.25, 0.3) is 0 Å². The molecule has 1 unspecified atom stereocenters. The molecule has 0 aromatic carbocycles. The lowest BCUT2D eigenvalue weighted by atomic mass is 9.86. The van der Waals surface area contributed by atoms with Gasteiger partial charge in [0.15, 0.2) is 0 Å². The van der Waals surface area contributed by atoms with E-state index in [1.807, 2.05) is 11.3 Å². The third-order valence-corrected chi connectivity index (χ3v) is 6.73. The van der Waals surface area contributed by atoms with E-state index in [0.29, 0.717) is 17.5 Å². The average molecular weight is 359 g/mol. The van der Waals surface area contributed by atoms with Gasteiger partial charge in [-0.3, -0.25) is 4.90 Å². The maximum atomic E-state index is 3.84. The minimum Gasteiger partial charge on any atom is -0.308 e. The van der Waals surface area contributed by atoms with Crippen LogP contribution >= 0.6 is 27.3 Å². The lowest BCUT2D eigenvalue weighted by Gasteiger charge is -2.49. The smallest absolute Gasteiger partial charge is 0.0343 e. The van der Waals surface area contributed by atoms with Gasteiger partial charge < -0.3 is 5.32 Å². The number of nitrogens with one attached hydrogen (secondary N) is 1. The van der Waals surface area contributed by atoms with Crippen LogP contribution in [0.3, 0.4) is 0 Å². The Kier molecular flexibility index (Phi) is 5.69. The van der Waals surface area contributed by atoms with Crippen molar-refractivity contribution in [2.45, 2.75) is 58.7 Å². The van der Waals surface area contributed by atoms with Crippen molar-refractivity contribution >= 4 is 27.3 Å². The Balaban J connectivity index is 2.17. The fourth-order valence-electron chi connectivity index (χ4n) is 3.19. The van der Waals surface area contributed by atoms with Crippen LogP contribution in [0.2, 0.25) is 0 Å². The molecule has 1 aliphatic heterocycles. The second-order valence-corrected chi connectivity index (χ2v) is 8.13. The van der Waals surface area contributed by atoms with E-state index >= 15 is 0 Å². The van der Waals surface area contributed by atoms with Gasteiger partial charge in [0, 0.05) is 40.6 Å². The largest absolute Gasteiger partial charge is 0.308 e. The highest BCUT2D eigenvalue weighted by Gasteiger charge is 2.37. The van der Waals surface area contributed by atoms with E-state index in [9.17, 15) is 0 Å². The van der Waals surface area contributed by atoms with Crippen LogP contribution in [0.15, 0.2) is 15.9 Å². The first-order valence-electron chi connectivity index (χ1n) is 7.72. The summed E-state index contributed by atoms with van der Waals surface area (Å²) in [5.41, 5.74) is 0.301. The first kappa shape index (κ1) is 16.5. The van der Waals surface area contributed by atoms with Gasteiger partial charge in [0.2, 0.25) is 0 Å². The molecule has 1 aromatic heterocycles. The highest BCUT2D eigenvalue weighted by Crippen LogP contribution is 2.30. The molecule has 1 fully saturated rings. The zero-order valence-electron chi connectivity index (χ0n) is 13.1. The number of hydrogen-bond acceptors (Lipinski definition) is 3. The van der Waals surface area contributed by atoms with Crippen molar-refractivity contribution < 1.29 is 0 Å². The minimum absolute atomic E-state index is 0.301. The maximum Gasteiger partial charge on any atom is 0.0343 e. The first-order valence-corrected chi connectivity index (χ1v) is 9.39. The Morgan fingerprint density at radius 1 is 1.45 bits per heavy atom. The van der Waals surface area contributed by atoms with Crippen LogP contribution in [0, 0.1) is 5.92 Å². The second-order valence-electron chi connectivity index (χ2n) is 6.28. The fourth-order valence-corrected chi connectivity index (χ4v) is 4.69. The molecule has 1 saturated heterocycles. The van der Waals surface area contributed by atoms with Crippen LogP contribution < -0.4 is 5.32 Å². The van der Waals surface area contributed by atoms with E-state index in [2.05, 4.69) is 65.3 Å². The number of thiophene rings is 1. The normalized spacial score (nSPS) is 23.4. The predicted molar refractivity (Wildman–Crippen MR) is 92.4 cm³/mol. The van der Waals surface area contributed by atoms with Gasteiger partial charge in [0.05, 0.1) is 0 Å². The van der Waals surface area contributed by atoms with E-state index in [0.717, 1.165) is 19.6 Å². The Bertz CT molecular complexity index is 426. The van der Waals surface area contributed by atoms with Crippen LogP contribution in [-0.4, -0.2) is 29.6 Å². The Morgan fingerprint density at radius 2 is 2.15 bits per heavy atom. The molecule has 0 aliphatic carbocycles. The van der Waals surface area contributed by atoms with E-state index < -0.39 is 0 Å². The lowest BCUT2D eigenvalue weighted by molar-refractivity contribution is 0.0449. The number of halogens is 1. The van der Waals surface area contributed by atoms with Crippen molar-refractivity contribution in [1.29, 1.82) is 0 Å². The van der Waals surface area contributed by atoms with E-state index in [1.165, 1.54) is 22.2 Å². The second kappa shape index (κ2) is 6.91. The van der Waals surface area contributed by atoms with E-state index in [1.54, 1.807) is 0 Å². The Morgan fingerprint density at radius 3 is 2.65 bits per heavy atom. The molecule has 2 rings (SSSR count). The molecule has 4 heteroatoms. The molecule has 2 heterocycles. The van der Waals surface area contributed by atoms with Gasteiger partial charge in [-0.15, -0.1) is 11.3 Å². The monoisotopic (exact) mass is 358 g/mol. The molecule has 2 nitrogen and oxygen atoms in total. The molecule has 20 heavy (non-hydrogen) atoms. The van der Waals surface area contributed by atoms with Crippen molar-refractivity contribution in [3.63, 3.8) is 0 Å². The molecular weight excluding hydrogens is 332 g/mol. The fraction of sp³-hybridized carbons (Fsp3) is 0.750. The molecule has 1 aliphatic rings. The van der Waals surface area contributed by atoms with Gasteiger partial charge in [-0.05, 0) is 46.1 Å². The van der Waals surface area contributed by atoms with Crippen LogP contribution in [0.25, 0.3) is 0 Å². The van der Waals surface area contributed by atoms with E-state index in [4.69, 9.17) is 0 Å². The molecule has 1 aromatic rings. The third kappa shape index (κ3) is 3.46. The van der Waals surface area contributed by atoms with Crippen molar-refractivity contribution in [2.75, 3.05) is 13.1 Å². The summed E-state index contributed by atoms with van der Waals surface area (Å²) in [5.74, 6) is 0.688. The van der Waals surface area contributed by atoms with Gasteiger partial charge >= 0.3 is 0 Å².